The van der Waals surface area contributed by atoms with Crippen molar-refractivity contribution in [3.8, 4) is 16.9 Å². The number of rotatable bonds is 0. The molecule has 0 saturated carbocycles. The number of aryl methyl sites for hydroxylation is 3. The molecule has 0 atom stereocenters. The van der Waals surface area contributed by atoms with Crippen LogP contribution in [0.3, 0.4) is 0 Å². The van der Waals surface area contributed by atoms with Crippen molar-refractivity contribution in [2.75, 3.05) is 25.2 Å². The molecule has 0 unspecified atom stereocenters. The Morgan fingerprint density at radius 1 is 1.00 bits per heavy atom. The van der Waals surface area contributed by atoms with E-state index in [0.717, 1.165) is 79.4 Å². The Kier molecular flexibility index (Phi) is 9.03. The normalized spacial score (nSPS) is 16.1. The van der Waals surface area contributed by atoms with Gasteiger partial charge in [0.2, 0.25) is 0 Å². The quantitative estimate of drug-likeness (QED) is 0.183. The lowest BCUT2D eigenvalue weighted by atomic mass is 9.97. The van der Waals surface area contributed by atoms with Gasteiger partial charge < -0.3 is 15.0 Å². The van der Waals surface area contributed by atoms with E-state index in [1.807, 2.05) is 30.9 Å². The maximum Gasteiger partial charge on any atom is 0.128 e. The Balaban J connectivity index is 1.44. The molecule has 0 saturated heterocycles. The third-order valence-electron chi connectivity index (χ3n) is 8.52. The number of thioether (sulfide) groups is 2. The van der Waals surface area contributed by atoms with Gasteiger partial charge in [-0.15, -0.1) is 23.5 Å². The molecule has 9 heteroatoms. The maximum absolute atomic E-state index is 7.03. The number of fused-ring (bicyclic) bond motifs is 6. The molecule has 6 rings (SSSR count). The molecule has 3 aromatic carbocycles. The Morgan fingerprint density at radius 3 is 2.64 bits per heavy atom. The summed E-state index contributed by atoms with van der Waals surface area (Å²) in [6.45, 7) is 7.99. The number of nitrogens with zero attached hydrogens (tertiary/aromatic N) is 4. The van der Waals surface area contributed by atoms with Crippen molar-refractivity contribution in [1.29, 1.82) is 0 Å². The fraction of sp³-hybridized carbons (Fsp3) is 0.314. The molecule has 6 bridgehead atoms. The highest BCUT2D eigenvalue weighted by Gasteiger charge is 2.24. The van der Waals surface area contributed by atoms with Crippen molar-refractivity contribution in [2.24, 2.45) is 17.8 Å². The fourth-order valence-electron chi connectivity index (χ4n) is 6.08. The van der Waals surface area contributed by atoms with Crippen LogP contribution in [0.5, 0.6) is 5.75 Å². The first-order chi connectivity index (χ1) is 21.3. The molecule has 0 fully saturated rings. The molecular formula is C35H38ClN5OS2. The van der Waals surface area contributed by atoms with Crippen LogP contribution >= 0.6 is 35.1 Å². The largest absolute Gasteiger partial charge is 0.493 e. The van der Waals surface area contributed by atoms with E-state index >= 15 is 0 Å². The van der Waals surface area contributed by atoms with Gasteiger partial charge >= 0.3 is 0 Å². The molecule has 6 nitrogen and oxygen atoms in total. The van der Waals surface area contributed by atoms with Gasteiger partial charge in [0, 0.05) is 98.0 Å². The van der Waals surface area contributed by atoms with Gasteiger partial charge in [-0.1, -0.05) is 35.9 Å². The number of allylic oxidation sites excluding steroid dienone is 1. The van der Waals surface area contributed by atoms with Crippen LogP contribution < -0.4 is 10.5 Å². The van der Waals surface area contributed by atoms with Gasteiger partial charge in [0.15, 0.2) is 0 Å². The summed E-state index contributed by atoms with van der Waals surface area (Å²) in [5, 5.41) is 9.18. The Hall–Kier alpha value is -3.33. The van der Waals surface area contributed by atoms with Crippen LogP contribution in [-0.2, 0) is 19.3 Å². The van der Waals surface area contributed by atoms with Gasteiger partial charge in [-0.05, 0) is 68.5 Å². The van der Waals surface area contributed by atoms with E-state index in [9.17, 15) is 0 Å². The molecule has 2 aromatic heterocycles. The van der Waals surface area contributed by atoms with E-state index in [-0.39, 0.29) is 0 Å². The van der Waals surface area contributed by atoms with Crippen LogP contribution in [0, 0.1) is 20.8 Å². The van der Waals surface area contributed by atoms with Crippen molar-refractivity contribution < 1.29 is 4.74 Å². The number of benzene rings is 3. The van der Waals surface area contributed by atoms with Crippen LogP contribution in [0.25, 0.3) is 32.8 Å². The highest BCUT2D eigenvalue weighted by atomic mass is 35.5. The molecule has 1 aliphatic rings. The molecule has 1 aliphatic heterocycles. The van der Waals surface area contributed by atoms with E-state index in [4.69, 9.17) is 27.2 Å². The number of aromatic nitrogens is 3. The number of aliphatic imine (C=N–C) groups is 1. The van der Waals surface area contributed by atoms with Crippen LogP contribution in [-0.4, -0.2) is 45.2 Å². The second-order valence-corrected chi connectivity index (χ2v) is 13.7. The standard InChI is InChI=1S/C35H38ClN5OS2/c1-21-22(2)41-13-8-14-42-32-17-27(15-24-9-6-7-10-28(24)32)44-19-26(38-4)16-25(37)18-43-20-30-34(23(3)40(5)39-30)35-29(36)11-12-31(41)33(21)35/h6-7,9-12,15-17H,8,13-14,18-20,37H2,1-5H3. The van der Waals surface area contributed by atoms with E-state index in [0.29, 0.717) is 12.4 Å². The Morgan fingerprint density at radius 2 is 1.82 bits per heavy atom. The van der Waals surface area contributed by atoms with Gasteiger partial charge in [0.25, 0.3) is 0 Å². The molecule has 44 heavy (non-hydrogen) atoms. The van der Waals surface area contributed by atoms with Gasteiger partial charge in [-0.25, -0.2) is 0 Å². The van der Waals surface area contributed by atoms with Gasteiger partial charge in [0.1, 0.15) is 5.75 Å². The minimum Gasteiger partial charge on any atom is -0.493 e. The van der Waals surface area contributed by atoms with Crippen molar-refractivity contribution in [3.63, 3.8) is 0 Å². The fourth-order valence-corrected chi connectivity index (χ4v) is 8.07. The highest BCUT2D eigenvalue weighted by molar-refractivity contribution is 8.00. The smallest absolute Gasteiger partial charge is 0.128 e. The predicted molar refractivity (Wildman–Crippen MR) is 190 cm³/mol. The van der Waals surface area contributed by atoms with Crippen LogP contribution in [0.2, 0.25) is 5.02 Å². The summed E-state index contributed by atoms with van der Waals surface area (Å²) in [6.07, 6.45) is 2.89. The lowest BCUT2D eigenvalue weighted by Crippen LogP contribution is -2.07. The summed E-state index contributed by atoms with van der Waals surface area (Å²) in [7, 11) is 3.83. The molecule has 228 valence electrons. The second-order valence-electron chi connectivity index (χ2n) is 11.3. The summed E-state index contributed by atoms with van der Waals surface area (Å²) in [6, 6.07) is 17.0. The molecule has 5 aromatic rings. The van der Waals surface area contributed by atoms with E-state index < -0.39 is 0 Å². The van der Waals surface area contributed by atoms with Crippen LogP contribution in [0.1, 0.15) is 29.1 Å². The Bertz CT molecular complexity index is 1940. The van der Waals surface area contributed by atoms with E-state index in [1.165, 1.54) is 27.5 Å². The molecule has 3 heterocycles. The number of halogens is 1. The maximum atomic E-state index is 7.03. The third kappa shape index (κ3) is 5.87. The minimum absolute atomic E-state index is 0.612. The topological polar surface area (TPSA) is 70.4 Å². The molecule has 0 spiro atoms. The van der Waals surface area contributed by atoms with E-state index in [1.54, 1.807) is 23.5 Å². The molecule has 2 N–H and O–H groups in total. The Labute approximate surface area is 272 Å². The van der Waals surface area contributed by atoms with Gasteiger partial charge in [-0.2, -0.15) is 5.10 Å². The first-order valence-corrected chi connectivity index (χ1v) is 17.4. The zero-order valence-electron chi connectivity index (χ0n) is 25.9. The highest BCUT2D eigenvalue weighted by Crippen LogP contribution is 2.43. The first kappa shape index (κ1) is 30.7. The third-order valence-corrected chi connectivity index (χ3v) is 10.9. The monoisotopic (exact) mass is 643 g/mol. The van der Waals surface area contributed by atoms with Crippen molar-refractivity contribution in [3.05, 3.63) is 88.0 Å². The lowest BCUT2D eigenvalue weighted by Gasteiger charge is -2.14. The van der Waals surface area contributed by atoms with E-state index in [2.05, 4.69) is 72.8 Å². The molecular weight excluding hydrogens is 606 g/mol. The zero-order valence-corrected chi connectivity index (χ0v) is 28.3. The molecule has 0 radical (unpaired) electrons. The van der Waals surface area contributed by atoms with Crippen LogP contribution in [0.4, 0.5) is 0 Å². The summed E-state index contributed by atoms with van der Waals surface area (Å²) in [4.78, 5) is 5.69. The molecule has 0 amide bonds. The lowest BCUT2D eigenvalue weighted by molar-refractivity contribution is 0.305. The SMILES string of the molecule is CN=C1C=C(N)CSCc2nn(C)c(C)c2-c2c(Cl)ccc3c2c(C)c(C)n3CCCOc2cc(cc3ccccc23)SC1. The summed E-state index contributed by atoms with van der Waals surface area (Å²) in [5.74, 6) is 3.04. The number of nitrogens with two attached hydrogens (primary N) is 1. The minimum atomic E-state index is 0.612. The van der Waals surface area contributed by atoms with Gasteiger partial charge in [0.05, 0.1) is 12.3 Å². The number of hydrogen-bond donors (Lipinski definition) is 1. The van der Waals surface area contributed by atoms with Crippen molar-refractivity contribution in [2.45, 2.75) is 44.4 Å². The first-order valence-electron chi connectivity index (χ1n) is 14.9. The average Bonchev–Trinajstić information content (AvgIpc) is 3.43. The number of ether oxygens (including phenoxy) is 1. The van der Waals surface area contributed by atoms with Crippen molar-refractivity contribution >= 4 is 62.5 Å². The van der Waals surface area contributed by atoms with Gasteiger partial charge in [-0.3, -0.25) is 9.67 Å². The second kappa shape index (κ2) is 13.0. The zero-order chi connectivity index (χ0) is 31.0. The summed E-state index contributed by atoms with van der Waals surface area (Å²) in [5.41, 5.74) is 16.3. The predicted octanol–water partition coefficient (Wildman–Crippen LogP) is 8.50. The van der Waals surface area contributed by atoms with Crippen LogP contribution in [0.15, 0.2) is 70.2 Å². The number of hydrogen-bond acceptors (Lipinski definition) is 6. The summed E-state index contributed by atoms with van der Waals surface area (Å²) < 4.78 is 10.9. The summed E-state index contributed by atoms with van der Waals surface area (Å²) >= 11 is 10.5. The van der Waals surface area contributed by atoms with Crippen molar-refractivity contribution in [1.82, 2.24) is 14.3 Å². The molecule has 0 aliphatic carbocycles. The average molecular weight is 644 g/mol.